The van der Waals surface area contributed by atoms with E-state index in [0.717, 1.165) is 11.1 Å². The molecule has 0 saturated heterocycles. The van der Waals surface area contributed by atoms with E-state index in [1.807, 2.05) is 0 Å². The largest absolute Gasteiger partial charge is 0.507 e. The summed E-state index contributed by atoms with van der Waals surface area (Å²) in [5.41, 5.74) is 2.73. The molecule has 1 aliphatic rings. The van der Waals surface area contributed by atoms with Gasteiger partial charge in [0.2, 0.25) is 5.91 Å². The van der Waals surface area contributed by atoms with Crippen LogP contribution in [0.25, 0.3) is 0 Å². The smallest absolute Gasteiger partial charge is 0.258 e. The molecule has 0 bridgehead atoms. The molecule has 8 heteroatoms. The number of rotatable bonds is 4. The van der Waals surface area contributed by atoms with E-state index >= 15 is 0 Å². The van der Waals surface area contributed by atoms with Crippen molar-refractivity contribution in [2.24, 2.45) is 0 Å². The first-order valence-corrected chi connectivity index (χ1v) is 9.52. The summed E-state index contributed by atoms with van der Waals surface area (Å²) >= 11 is 12.6. The van der Waals surface area contributed by atoms with Gasteiger partial charge in [0.25, 0.3) is 5.91 Å². The Bertz CT molecular complexity index is 1040. The number of carbonyl (C=O) groups is 2. The maximum absolute atomic E-state index is 13.2. The molecule has 0 fully saturated rings. The Hall–Kier alpha value is -2.70. The molecule has 0 atom stereocenters. The third-order valence-electron chi connectivity index (χ3n) is 5.08. The topological polar surface area (TPSA) is 70.1 Å². The molecular formula is C21H20Cl2N2O4. The van der Waals surface area contributed by atoms with Crippen molar-refractivity contribution in [1.82, 2.24) is 4.90 Å². The molecule has 2 aromatic rings. The molecule has 1 heterocycles. The van der Waals surface area contributed by atoms with Gasteiger partial charge < -0.3 is 19.6 Å². The quantitative estimate of drug-likeness (QED) is 0.727. The number of fused-ring (bicyclic) bond motifs is 1. The van der Waals surface area contributed by atoms with Gasteiger partial charge in [-0.15, -0.1) is 0 Å². The monoisotopic (exact) mass is 434 g/mol. The fourth-order valence-corrected chi connectivity index (χ4v) is 3.94. The van der Waals surface area contributed by atoms with Crippen molar-refractivity contribution < 1.29 is 19.4 Å². The third-order valence-corrected chi connectivity index (χ3v) is 5.90. The maximum Gasteiger partial charge on any atom is 0.258 e. The zero-order chi connectivity index (χ0) is 21.5. The van der Waals surface area contributed by atoms with Crippen molar-refractivity contribution in [3.63, 3.8) is 0 Å². The van der Waals surface area contributed by atoms with Gasteiger partial charge in [0.15, 0.2) is 0 Å². The lowest BCUT2D eigenvalue weighted by molar-refractivity contribution is -0.113. The number of nitrogens with zero attached hydrogens (tertiary/aromatic N) is 2. The highest BCUT2D eigenvalue weighted by atomic mass is 35.5. The molecule has 2 aromatic carbocycles. The number of phenolic OH excluding ortho intramolecular Hbond substituents is 1. The Morgan fingerprint density at radius 1 is 1.28 bits per heavy atom. The van der Waals surface area contributed by atoms with Crippen LogP contribution in [-0.4, -0.2) is 36.0 Å². The summed E-state index contributed by atoms with van der Waals surface area (Å²) in [5, 5.41) is 11.2. The van der Waals surface area contributed by atoms with Crippen LogP contribution >= 0.6 is 23.2 Å². The Morgan fingerprint density at radius 2 is 1.93 bits per heavy atom. The van der Waals surface area contributed by atoms with Crippen molar-refractivity contribution in [1.29, 1.82) is 0 Å². The molecule has 0 saturated carbocycles. The molecule has 0 unspecified atom stereocenters. The molecular weight excluding hydrogens is 415 g/mol. The predicted molar refractivity (Wildman–Crippen MR) is 113 cm³/mol. The summed E-state index contributed by atoms with van der Waals surface area (Å²) < 4.78 is 5.13. The van der Waals surface area contributed by atoms with Gasteiger partial charge >= 0.3 is 0 Å². The van der Waals surface area contributed by atoms with E-state index in [4.69, 9.17) is 27.9 Å². The Morgan fingerprint density at radius 3 is 2.55 bits per heavy atom. The number of hydrogen-bond donors (Lipinski definition) is 1. The van der Waals surface area contributed by atoms with E-state index in [-0.39, 0.29) is 47.0 Å². The molecule has 1 N–H and O–H groups in total. The van der Waals surface area contributed by atoms with E-state index in [2.05, 4.69) is 6.58 Å². The van der Waals surface area contributed by atoms with E-state index in [1.165, 1.54) is 24.2 Å². The molecule has 29 heavy (non-hydrogen) atoms. The molecule has 1 aliphatic heterocycles. The van der Waals surface area contributed by atoms with E-state index in [0.29, 0.717) is 16.3 Å². The average Bonchev–Trinajstić information content (AvgIpc) is 3.16. The summed E-state index contributed by atoms with van der Waals surface area (Å²) in [6.45, 7) is 5.65. The number of ether oxygens (including phenoxy) is 1. The van der Waals surface area contributed by atoms with Crippen LogP contribution in [0.2, 0.25) is 10.0 Å². The minimum Gasteiger partial charge on any atom is -0.507 e. The van der Waals surface area contributed by atoms with Gasteiger partial charge in [-0.05, 0) is 36.3 Å². The summed E-state index contributed by atoms with van der Waals surface area (Å²) in [5.74, 6) is -0.581. The SMILES string of the molecule is C=CC(=O)N(C)c1ccc(Cl)c2c1CN(C(=O)c1c(O)cc(OC)c(Cl)c1C)C2. The number of likely N-dealkylation sites (N-methyl/N-ethyl adjacent to an activating group) is 1. The average molecular weight is 435 g/mol. The fourth-order valence-electron chi connectivity index (χ4n) is 3.47. The highest BCUT2D eigenvalue weighted by molar-refractivity contribution is 6.33. The standard InChI is InChI=1S/C21H20Cl2N2O4/c1-5-18(27)24(3)15-7-6-14(22)12-9-25(10-13(12)15)21(28)19-11(2)20(23)17(29-4)8-16(19)26/h5-8,26H,1,9-10H2,2-4H3. The molecule has 6 nitrogen and oxygen atoms in total. The van der Waals surface area contributed by atoms with Crippen molar-refractivity contribution >= 4 is 40.7 Å². The van der Waals surface area contributed by atoms with Crippen LogP contribution in [0.5, 0.6) is 11.5 Å². The second-order valence-electron chi connectivity index (χ2n) is 6.70. The van der Waals surface area contributed by atoms with Crippen molar-refractivity contribution in [3.05, 3.63) is 63.2 Å². The van der Waals surface area contributed by atoms with Gasteiger partial charge in [0.05, 0.1) is 17.7 Å². The van der Waals surface area contributed by atoms with Gasteiger partial charge in [-0.25, -0.2) is 0 Å². The molecule has 152 valence electrons. The predicted octanol–water partition coefficient (Wildman–Crippen LogP) is 4.32. The van der Waals surface area contributed by atoms with Gasteiger partial charge in [-0.2, -0.15) is 0 Å². The minimum absolute atomic E-state index is 0.108. The highest BCUT2D eigenvalue weighted by Gasteiger charge is 2.32. The number of anilines is 1. The molecule has 0 radical (unpaired) electrons. The first-order valence-electron chi connectivity index (χ1n) is 8.76. The molecule has 0 spiro atoms. The second-order valence-corrected chi connectivity index (χ2v) is 7.48. The zero-order valence-corrected chi connectivity index (χ0v) is 17.8. The maximum atomic E-state index is 13.2. The van der Waals surface area contributed by atoms with Crippen LogP contribution in [0, 0.1) is 6.92 Å². The third kappa shape index (κ3) is 3.54. The first-order chi connectivity index (χ1) is 13.7. The normalized spacial score (nSPS) is 12.5. The number of methoxy groups -OCH3 is 1. The van der Waals surface area contributed by atoms with Crippen LogP contribution in [0.1, 0.15) is 27.0 Å². The van der Waals surface area contributed by atoms with Gasteiger partial charge in [0.1, 0.15) is 11.5 Å². The van der Waals surface area contributed by atoms with Crippen LogP contribution < -0.4 is 9.64 Å². The Balaban J connectivity index is 2.00. The minimum atomic E-state index is -0.388. The number of phenols is 1. The van der Waals surface area contributed by atoms with Crippen molar-refractivity contribution in [2.75, 3.05) is 19.1 Å². The molecule has 2 amide bonds. The lowest BCUT2D eigenvalue weighted by Crippen LogP contribution is -2.27. The summed E-state index contributed by atoms with van der Waals surface area (Å²) in [6.07, 6.45) is 1.22. The zero-order valence-electron chi connectivity index (χ0n) is 16.3. The highest BCUT2D eigenvalue weighted by Crippen LogP contribution is 2.40. The van der Waals surface area contributed by atoms with Crippen molar-refractivity contribution in [3.8, 4) is 11.5 Å². The lowest BCUT2D eigenvalue weighted by Gasteiger charge is -2.21. The van der Waals surface area contributed by atoms with Gasteiger partial charge in [-0.1, -0.05) is 29.8 Å². The fraction of sp³-hybridized carbons (Fsp3) is 0.238. The van der Waals surface area contributed by atoms with E-state index in [9.17, 15) is 14.7 Å². The Kier molecular flexibility index (Phi) is 5.78. The molecule has 0 aliphatic carbocycles. The summed E-state index contributed by atoms with van der Waals surface area (Å²) in [4.78, 5) is 28.3. The Labute approximate surface area is 178 Å². The van der Waals surface area contributed by atoms with Crippen LogP contribution in [0.4, 0.5) is 5.69 Å². The number of carbonyl (C=O) groups excluding carboxylic acids is 2. The molecule has 0 aromatic heterocycles. The second kappa shape index (κ2) is 7.97. The van der Waals surface area contributed by atoms with Crippen LogP contribution in [0.3, 0.4) is 0 Å². The summed E-state index contributed by atoms with van der Waals surface area (Å²) in [6, 6.07) is 4.76. The van der Waals surface area contributed by atoms with E-state index in [1.54, 1.807) is 31.0 Å². The number of halogens is 2. The van der Waals surface area contributed by atoms with Crippen molar-refractivity contribution in [2.45, 2.75) is 20.0 Å². The summed E-state index contributed by atoms with van der Waals surface area (Å²) in [7, 11) is 3.07. The number of amides is 2. The van der Waals surface area contributed by atoms with Gasteiger partial charge in [-0.3, -0.25) is 9.59 Å². The molecule has 3 rings (SSSR count). The number of benzene rings is 2. The first kappa shape index (κ1) is 21.0. The number of hydrogen-bond acceptors (Lipinski definition) is 4. The van der Waals surface area contributed by atoms with Gasteiger partial charge in [0, 0.05) is 42.5 Å². The van der Waals surface area contributed by atoms with Crippen LogP contribution in [0.15, 0.2) is 30.9 Å². The number of aromatic hydroxyl groups is 1. The lowest BCUT2D eigenvalue weighted by atomic mass is 10.1. The van der Waals surface area contributed by atoms with Crippen LogP contribution in [-0.2, 0) is 17.9 Å². The van der Waals surface area contributed by atoms with E-state index < -0.39 is 0 Å².